The Bertz CT molecular complexity index is 1520. The van der Waals surface area contributed by atoms with Gasteiger partial charge in [-0.2, -0.15) is 0 Å². The predicted molar refractivity (Wildman–Crippen MR) is 120 cm³/mol. The molecule has 0 atom stereocenters. The molecule has 0 N–H and O–H groups in total. The molecule has 7 nitrogen and oxygen atoms in total. The number of carbonyl (C=O) groups excluding carboxylic acids is 2. The summed E-state index contributed by atoms with van der Waals surface area (Å²) in [4.78, 5) is 24.3. The smallest absolute Gasteiger partial charge is 0.338 e. The Hall–Kier alpha value is -3.72. The molecule has 0 aliphatic carbocycles. The highest BCUT2D eigenvalue weighted by Gasteiger charge is 2.27. The normalized spacial score (nSPS) is 11.6. The van der Waals surface area contributed by atoms with E-state index in [4.69, 9.17) is 9.47 Å². The van der Waals surface area contributed by atoms with E-state index in [-0.39, 0.29) is 44.6 Å². The molecule has 0 aliphatic rings. The van der Waals surface area contributed by atoms with Crippen molar-refractivity contribution in [1.82, 2.24) is 3.97 Å². The largest absolute Gasteiger partial charge is 0.462 e. The number of benzene rings is 3. The van der Waals surface area contributed by atoms with E-state index in [0.717, 1.165) is 21.7 Å². The molecular formula is C24H20FNO6S. The van der Waals surface area contributed by atoms with E-state index in [1.807, 2.05) is 6.92 Å². The number of aryl methyl sites for hydroxylation is 1. The number of ether oxygens (including phenoxy) is 2. The lowest BCUT2D eigenvalue weighted by atomic mass is 10.1. The molecule has 0 radical (unpaired) electrons. The molecule has 4 rings (SSSR count). The van der Waals surface area contributed by atoms with Gasteiger partial charge in [0.1, 0.15) is 11.6 Å². The number of hydrogen-bond donors (Lipinski definition) is 0. The summed E-state index contributed by atoms with van der Waals surface area (Å²) in [6, 6.07) is 12.5. The summed E-state index contributed by atoms with van der Waals surface area (Å²) in [5, 5.41) is 0.399. The second kappa shape index (κ2) is 8.32. The minimum Gasteiger partial charge on any atom is -0.462 e. The van der Waals surface area contributed by atoms with Crippen LogP contribution in [0.3, 0.4) is 0 Å². The molecule has 1 heterocycles. The minimum atomic E-state index is -4.18. The van der Waals surface area contributed by atoms with Gasteiger partial charge in [0, 0.05) is 12.3 Å². The Morgan fingerprint density at radius 3 is 2.33 bits per heavy atom. The number of esters is 2. The monoisotopic (exact) mass is 469 g/mol. The van der Waals surface area contributed by atoms with Crippen LogP contribution in [0.5, 0.6) is 5.75 Å². The number of aromatic nitrogens is 1. The third-order valence-electron chi connectivity index (χ3n) is 5.07. The number of halogens is 1. The van der Waals surface area contributed by atoms with Crippen LogP contribution in [0, 0.1) is 12.7 Å². The molecule has 0 spiro atoms. The van der Waals surface area contributed by atoms with Crippen molar-refractivity contribution in [1.29, 1.82) is 0 Å². The van der Waals surface area contributed by atoms with E-state index in [9.17, 15) is 22.4 Å². The summed E-state index contributed by atoms with van der Waals surface area (Å²) >= 11 is 0. The highest BCUT2D eigenvalue weighted by molar-refractivity contribution is 7.90. The molecule has 170 valence electrons. The van der Waals surface area contributed by atoms with Crippen LogP contribution < -0.4 is 4.74 Å². The zero-order chi connectivity index (χ0) is 23.9. The fraction of sp³-hybridized carbons (Fsp3) is 0.167. The van der Waals surface area contributed by atoms with Crippen LogP contribution in [0.25, 0.3) is 21.8 Å². The summed E-state index contributed by atoms with van der Waals surface area (Å²) in [7, 11) is -4.18. The average Bonchev–Trinajstić information content (AvgIpc) is 3.08. The van der Waals surface area contributed by atoms with Crippen LogP contribution in [-0.4, -0.2) is 30.9 Å². The predicted octanol–water partition coefficient (Wildman–Crippen LogP) is 4.58. The van der Waals surface area contributed by atoms with Gasteiger partial charge in [0.2, 0.25) is 0 Å². The molecule has 4 aromatic rings. The van der Waals surface area contributed by atoms with Crippen molar-refractivity contribution < 1.29 is 31.9 Å². The minimum absolute atomic E-state index is 0.00630. The van der Waals surface area contributed by atoms with Crippen molar-refractivity contribution in [2.24, 2.45) is 0 Å². The molecule has 0 unspecified atom stereocenters. The molecule has 0 bridgehead atoms. The first kappa shape index (κ1) is 22.5. The highest BCUT2D eigenvalue weighted by Crippen LogP contribution is 2.39. The van der Waals surface area contributed by atoms with Gasteiger partial charge >= 0.3 is 11.9 Å². The summed E-state index contributed by atoms with van der Waals surface area (Å²) in [5.74, 6) is -2.08. The number of hydrogen-bond acceptors (Lipinski definition) is 6. The molecule has 0 saturated carbocycles. The zero-order valence-corrected chi connectivity index (χ0v) is 18.9. The van der Waals surface area contributed by atoms with Gasteiger partial charge in [0.05, 0.1) is 33.5 Å². The molecule has 0 aliphatic heterocycles. The van der Waals surface area contributed by atoms with Gasteiger partial charge < -0.3 is 9.47 Å². The first-order valence-corrected chi connectivity index (χ1v) is 11.5. The molecule has 0 saturated heterocycles. The maximum Gasteiger partial charge on any atom is 0.338 e. The van der Waals surface area contributed by atoms with E-state index < -0.39 is 27.8 Å². The van der Waals surface area contributed by atoms with Crippen LogP contribution in [0.15, 0.2) is 59.5 Å². The second-order valence-electron chi connectivity index (χ2n) is 7.43. The number of nitrogens with zero attached hydrogens (tertiary/aromatic N) is 1. The summed E-state index contributed by atoms with van der Waals surface area (Å²) < 4.78 is 53.0. The summed E-state index contributed by atoms with van der Waals surface area (Å²) in [5.41, 5.74) is 1.09. The van der Waals surface area contributed by atoms with Crippen molar-refractivity contribution in [2.75, 3.05) is 6.61 Å². The second-order valence-corrected chi connectivity index (χ2v) is 9.21. The van der Waals surface area contributed by atoms with Gasteiger partial charge in [-0.25, -0.2) is 21.6 Å². The van der Waals surface area contributed by atoms with E-state index >= 15 is 0 Å². The lowest BCUT2D eigenvalue weighted by molar-refractivity contribution is -0.131. The van der Waals surface area contributed by atoms with E-state index in [1.54, 1.807) is 19.1 Å². The van der Waals surface area contributed by atoms with E-state index in [2.05, 4.69) is 0 Å². The topological polar surface area (TPSA) is 91.7 Å². The lowest BCUT2D eigenvalue weighted by Gasteiger charge is -2.11. The zero-order valence-electron chi connectivity index (χ0n) is 18.1. The first-order valence-electron chi connectivity index (χ1n) is 10.1. The Balaban J connectivity index is 2.16. The first-order chi connectivity index (χ1) is 15.6. The van der Waals surface area contributed by atoms with Gasteiger partial charge in [-0.3, -0.25) is 4.79 Å². The van der Waals surface area contributed by atoms with Gasteiger partial charge in [-0.05, 0) is 56.3 Å². The van der Waals surface area contributed by atoms with E-state index in [0.29, 0.717) is 0 Å². The van der Waals surface area contributed by atoms with Crippen molar-refractivity contribution in [3.05, 3.63) is 71.5 Å². The van der Waals surface area contributed by atoms with Crippen molar-refractivity contribution in [2.45, 2.75) is 25.7 Å². The fourth-order valence-corrected chi connectivity index (χ4v) is 5.20. The van der Waals surface area contributed by atoms with Crippen LogP contribution in [0.4, 0.5) is 4.39 Å². The van der Waals surface area contributed by atoms with Crippen LogP contribution in [-0.2, 0) is 19.6 Å². The number of carbonyl (C=O) groups is 2. The van der Waals surface area contributed by atoms with Crippen LogP contribution in [0.2, 0.25) is 0 Å². The van der Waals surface area contributed by atoms with Crippen molar-refractivity contribution in [3.8, 4) is 5.75 Å². The Morgan fingerprint density at radius 2 is 1.70 bits per heavy atom. The molecule has 3 aromatic carbocycles. The third kappa shape index (κ3) is 3.95. The lowest BCUT2D eigenvalue weighted by Crippen LogP contribution is -2.13. The summed E-state index contributed by atoms with van der Waals surface area (Å²) in [6.07, 6.45) is 0. The Kier molecular flexibility index (Phi) is 5.67. The molecule has 9 heteroatoms. The highest BCUT2D eigenvalue weighted by atomic mass is 32.2. The average molecular weight is 469 g/mol. The van der Waals surface area contributed by atoms with E-state index in [1.165, 1.54) is 37.3 Å². The fourth-order valence-electron chi connectivity index (χ4n) is 3.69. The number of rotatable bonds is 5. The Labute approximate surface area is 189 Å². The quantitative estimate of drug-likeness (QED) is 0.314. The molecule has 33 heavy (non-hydrogen) atoms. The molecule has 0 fully saturated rings. The van der Waals surface area contributed by atoms with Gasteiger partial charge in [-0.1, -0.05) is 17.7 Å². The summed E-state index contributed by atoms with van der Waals surface area (Å²) in [6.45, 7) is 4.73. The van der Waals surface area contributed by atoms with Crippen molar-refractivity contribution >= 4 is 43.8 Å². The third-order valence-corrected chi connectivity index (χ3v) is 6.81. The standard InChI is InChI=1S/C24H20FNO6S/c1-4-31-24(28)16-11-21-23(22(12-16)32-15(3)27)19-13-17(25)7-10-20(19)26(21)33(29,30)18-8-5-14(2)6-9-18/h5-13H,4H2,1-3H3. The molecular weight excluding hydrogens is 449 g/mol. The van der Waals surface area contributed by atoms with Crippen LogP contribution in [0.1, 0.15) is 29.8 Å². The maximum absolute atomic E-state index is 14.2. The maximum atomic E-state index is 14.2. The van der Waals surface area contributed by atoms with Crippen LogP contribution >= 0.6 is 0 Å². The SMILES string of the molecule is CCOC(=O)c1cc(OC(C)=O)c2c3cc(F)ccc3n(S(=O)(=O)c3ccc(C)cc3)c2c1. The Morgan fingerprint density at radius 1 is 1.00 bits per heavy atom. The molecule has 0 amide bonds. The van der Waals surface area contributed by atoms with Gasteiger partial charge in [-0.15, -0.1) is 0 Å². The van der Waals surface area contributed by atoms with Gasteiger partial charge in [0.15, 0.2) is 0 Å². The van der Waals surface area contributed by atoms with Gasteiger partial charge in [0.25, 0.3) is 10.0 Å². The molecule has 1 aromatic heterocycles. The number of fused-ring (bicyclic) bond motifs is 3. The van der Waals surface area contributed by atoms with Crippen molar-refractivity contribution in [3.63, 3.8) is 0 Å².